The van der Waals surface area contributed by atoms with E-state index in [1.54, 1.807) is 43.3 Å². The van der Waals surface area contributed by atoms with Gasteiger partial charge in [0.2, 0.25) is 5.91 Å². The zero-order valence-electron chi connectivity index (χ0n) is 15.4. The number of hydrogen-bond acceptors (Lipinski definition) is 6. The maximum Gasteiger partial charge on any atom is 0.344 e. The summed E-state index contributed by atoms with van der Waals surface area (Å²) in [6.45, 7) is 2.59. The highest BCUT2D eigenvalue weighted by Crippen LogP contribution is 2.25. The molecule has 1 aromatic heterocycles. The molecule has 28 heavy (non-hydrogen) atoms. The van der Waals surface area contributed by atoms with Crippen LogP contribution in [0.3, 0.4) is 0 Å². The summed E-state index contributed by atoms with van der Waals surface area (Å²) in [6, 6.07) is 15.4. The van der Waals surface area contributed by atoms with Crippen LogP contribution < -0.4 is 5.32 Å². The number of Topliss-reactive ketones (excluding diaryl/α,β-unsaturated/α-hetero) is 1. The lowest BCUT2D eigenvalue weighted by Gasteiger charge is -2.06. The molecule has 0 spiro atoms. The van der Waals surface area contributed by atoms with Crippen molar-refractivity contribution in [1.29, 1.82) is 0 Å². The highest BCUT2D eigenvalue weighted by atomic mass is 16.5. The van der Waals surface area contributed by atoms with Crippen LogP contribution in [-0.2, 0) is 9.53 Å². The number of carbonyl (C=O) groups is 3. The summed E-state index contributed by atoms with van der Waals surface area (Å²) < 4.78 is 10.3. The first kappa shape index (κ1) is 19.0. The number of aryl methyl sites for hydroxylation is 1. The zero-order chi connectivity index (χ0) is 20.1. The molecule has 1 heterocycles. The van der Waals surface area contributed by atoms with E-state index in [9.17, 15) is 14.4 Å². The number of ketones is 1. The van der Waals surface area contributed by atoms with Crippen molar-refractivity contribution in [1.82, 2.24) is 5.16 Å². The lowest BCUT2D eigenvalue weighted by molar-refractivity contribution is -0.114. The van der Waals surface area contributed by atoms with Crippen molar-refractivity contribution >= 4 is 23.3 Å². The number of anilines is 1. The third kappa shape index (κ3) is 4.32. The molecule has 7 heteroatoms. The number of amides is 1. The van der Waals surface area contributed by atoms with Crippen LogP contribution in [0.25, 0.3) is 11.3 Å². The van der Waals surface area contributed by atoms with Gasteiger partial charge in [-0.15, -0.1) is 0 Å². The molecule has 2 aromatic carbocycles. The Morgan fingerprint density at radius 1 is 1.04 bits per heavy atom. The molecule has 142 valence electrons. The van der Waals surface area contributed by atoms with Crippen molar-refractivity contribution in [2.24, 2.45) is 0 Å². The number of carbonyl (C=O) groups excluding carboxylic acids is 3. The fraction of sp³-hybridized carbons (Fsp3) is 0.143. The number of rotatable bonds is 6. The van der Waals surface area contributed by atoms with E-state index in [0.717, 1.165) is 0 Å². The van der Waals surface area contributed by atoms with Crippen LogP contribution in [-0.4, -0.2) is 29.4 Å². The third-order valence-corrected chi connectivity index (χ3v) is 3.98. The summed E-state index contributed by atoms with van der Waals surface area (Å²) in [5.41, 5.74) is 2.22. The maximum atomic E-state index is 12.5. The molecule has 1 amide bonds. The second-order valence-corrected chi connectivity index (χ2v) is 6.09. The Bertz CT molecular complexity index is 1010. The van der Waals surface area contributed by atoms with E-state index in [1.165, 1.54) is 6.92 Å². The second kappa shape index (κ2) is 8.30. The predicted octanol–water partition coefficient (Wildman–Crippen LogP) is 3.65. The minimum Gasteiger partial charge on any atom is -0.454 e. The molecule has 0 radical (unpaired) electrons. The monoisotopic (exact) mass is 378 g/mol. The average molecular weight is 378 g/mol. The Morgan fingerprint density at radius 2 is 1.71 bits per heavy atom. The zero-order valence-corrected chi connectivity index (χ0v) is 15.4. The van der Waals surface area contributed by atoms with E-state index in [4.69, 9.17) is 9.26 Å². The number of nitrogens with one attached hydrogen (secondary N) is 1. The molecule has 3 rings (SSSR count). The summed E-state index contributed by atoms with van der Waals surface area (Å²) in [5, 5.41) is 6.55. The number of hydrogen-bond donors (Lipinski definition) is 1. The Balaban J connectivity index is 1.68. The van der Waals surface area contributed by atoms with E-state index in [0.29, 0.717) is 28.3 Å². The molecule has 1 N–H and O–H groups in total. The topological polar surface area (TPSA) is 98.5 Å². The third-order valence-electron chi connectivity index (χ3n) is 3.98. The van der Waals surface area contributed by atoms with E-state index >= 15 is 0 Å². The molecule has 0 aliphatic carbocycles. The molecule has 0 fully saturated rings. The van der Waals surface area contributed by atoms with Crippen LogP contribution in [0.2, 0.25) is 0 Å². The standard InChI is InChI=1S/C21H18N2O5/c1-13-19(20(23-28-13)16-6-4-3-5-7-16)21(26)27-12-18(25)15-8-10-17(11-9-15)22-14(2)24/h3-11H,12H2,1-2H3,(H,22,24). The summed E-state index contributed by atoms with van der Waals surface area (Å²) in [5.74, 6) is -0.929. The highest BCUT2D eigenvalue weighted by molar-refractivity contribution is 6.01. The molecular formula is C21H18N2O5. The number of nitrogens with zero attached hydrogens (tertiary/aromatic N) is 1. The average Bonchev–Trinajstić information content (AvgIpc) is 3.08. The van der Waals surface area contributed by atoms with Gasteiger partial charge in [-0.25, -0.2) is 4.79 Å². The maximum absolute atomic E-state index is 12.5. The second-order valence-electron chi connectivity index (χ2n) is 6.09. The van der Waals surface area contributed by atoms with Gasteiger partial charge in [0.25, 0.3) is 0 Å². The first-order valence-corrected chi connectivity index (χ1v) is 8.55. The van der Waals surface area contributed by atoms with E-state index < -0.39 is 12.6 Å². The lowest BCUT2D eigenvalue weighted by atomic mass is 10.1. The van der Waals surface area contributed by atoms with Gasteiger partial charge in [-0.05, 0) is 31.2 Å². The molecule has 0 unspecified atom stereocenters. The molecule has 0 saturated carbocycles. The van der Waals surface area contributed by atoms with Crippen LogP contribution >= 0.6 is 0 Å². The minimum atomic E-state index is -0.680. The molecule has 0 aliphatic heterocycles. The van der Waals surface area contributed by atoms with Crippen molar-refractivity contribution in [3.05, 3.63) is 71.5 Å². The first-order valence-electron chi connectivity index (χ1n) is 8.55. The van der Waals surface area contributed by atoms with Crippen molar-refractivity contribution in [3.8, 4) is 11.3 Å². The number of ether oxygens (including phenoxy) is 1. The summed E-state index contributed by atoms with van der Waals surface area (Å²) in [6.07, 6.45) is 0. The quantitative estimate of drug-likeness (QED) is 0.519. The first-order chi connectivity index (χ1) is 13.5. The van der Waals surface area contributed by atoms with E-state index in [1.807, 2.05) is 18.2 Å². The number of esters is 1. The van der Waals surface area contributed by atoms with Gasteiger partial charge < -0.3 is 14.6 Å². The smallest absolute Gasteiger partial charge is 0.344 e. The minimum absolute atomic E-state index is 0.194. The van der Waals surface area contributed by atoms with Crippen LogP contribution in [0.15, 0.2) is 59.1 Å². The van der Waals surface area contributed by atoms with Crippen molar-refractivity contribution < 1.29 is 23.6 Å². The van der Waals surface area contributed by atoms with Gasteiger partial charge in [0.05, 0.1) is 0 Å². The molecule has 0 aliphatic rings. The van der Waals surface area contributed by atoms with Crippen molar-refractivity contribution in [3.63, 3.8) is 0 Å². The van der Waals surface area contributed by atoms with Crippen molar-refractivity contribution in [2.75, 3.05) is 11.9 Å². The molecule has 7 nitrogen and oxygen atoms in total. The van der Waals surface area contributed by atoms with Crippen LogP contribution in [0.4, 0.5) is 5.69 Å². The number of aromatic nitrogens is 1. The van der Waals surface area contributed by atoms with Gasteiger partial charge in [0.1, 0.15) is 17.0 Å². The van der Waals surface area contributed by atoms with Crippen LogP contribution in [0.1, 0.15) is 33.4 Å². The lowest BCUT2D eigenvalue weighted by Crippen LogP contribution is -2.15. The van der Waals surface area contributed by atoms with Gasteiger partial charge >= 0.3 is 5.97 Å². The van der Waals surface area contributed by atoms with Gasteiger partial charge in [0.15, 0.2) is 12.4 Å². The number of benzene rings is 2. The Labute approximate surface area is 161 Å². The fourth-order valence-electron chi connectivity index (χ4n) is 2.63. The highest BCUT2D eigenvalue weighted by Gasteiger charge is 2.23. The van der Waals surface area contributed by atoms with Crippen LogP contribution in [0, 0.1) is 6.92 Å². The summed E-state index contributed by atoms with van der Waals surface area (Å²) >= 11 is 0. The largest absolute Gasteiger partial charge is 0.454 e. The molecule has 0 atom stereocenters. The predicted molar refractivity (Wildman–Crippen MR) is 102 cm³/mol. The molecule has 0 bridgehead atoms. The van der Waals surface area contributed by atoms with E-state index in [-0.39, 0.29) is 17.3 Å². The summed E-state index contributed by atoms with van der Waals surface area (Å²) in [7, 11) is 0. The molecular weight excluding hydrogens is 360 g/mol. The SMILES string of the molecule is CC(=O)Nc1ccc(C(=O)COC(=O)c2c(-c3ccccc3)noc2C)cc1. The Kier molecular flexibility index (Phi) is 5.64. The van der Waals surface area contributed by atoms with Crippen LogP contribution in [0.5, 0.6) is 0 Å². The van der Waals surface area contributed by atoms with Gasteiger partial charge in [-0.1, -0.05) is 35.5 Å². The Hall–Kier alpha value is -3.74. The van der Waals surface area contributed by atoms with Gasteiger partial charge in [0, 0.05) is 23.7 Å². The molecule has 0 saturated heterocycles. The molecule has 3 aromatic rings. The summed E-state index contributed by atoms with van der Waals surface area (Å²) in [4.78, 5) is 35.8. The fourth-order valence-corrected chi connectivity index (χ4v) is 2.63. The normalized spacial score (nSPS) is 10.4. The van der Waals surface area contributed by atoms with Gasteiger partial charge in [-0.2, -0.15) is 0 Å². The Morgan fingerprint density at radius 3 is 2.36 bits per heavy atom. The van der Waals surface area contributed by atoms with Gasteiger partial charge in [-0.3, -0.25) is 9.59 Å². The van der Waals surface area contributed by atoms with E-state index in [2.05, 4.69) is 10.5 Å². The van der Waals surface area contributed by atoms with Crippen molar-refractivity contribution in [2.45, 2.75) is 13.8 Å².